The van der Waals surface area contributed by atoms with Crippen LogP contribution in [0.2, 0.25) is 0 Å². The average Bonchev–Trinajstić information content (AvgIpc) is 3.21. The van der Waals surface area contributed by atoms with E-state index in [1.54, 1.807) is 0 Å². The Bertz CT molecular complexity index is 888. The highest BCUT2D eigenvalue weighted by molar-refractivity contribution is 5.76. The van der Waals surface area contributed by atoms with Crippen LogP contribution in [0.3, 0.4) is 0 Å². The van der Waals surface area contributed by atoms with Crippen LogP contribution in [-0.2, 0) is 11.2 Å². The van der Waals surface area contributed by atoms with Crippen molar-refractivity contribution in [3.05, 3.63) is 71.6 Å². The van der Waals surface area contributed by atoms with Gasteiger partial charge in [-0.3, -0.25) is 4.79 Å². The summed E-state index contributed by atoms with van der Waals surface area (Å²) in [5.41, 5.74) is 3.23. The van der Waals surface area contributed by atoms with Crippen molar-refractivity contribution in [1.82, 2.24) is 15.5 Å². The minimum absolute atomic E-state index is 0.00996. The van der Waals surface area contributed by atoms with Crippen LogP contribution >= 0.6 is 0 Å². The molecule has 0 spiro atoms. The van der Waals surface area contributed by atoms with Gasteiger partial charge in [0.2, 0.25) is 17.6 Å². The van der Waals surface area contributed by atoms with E-state index >= 15 is 0 Å². The molecule has 2 aromatic carbocycles. The van der Waals surface area contributed by atoms with Gasteiger partial charge in [-0.2, -0.15) is 4.98 Å². The zero-order chi connectivity index (χ0) is 19.9. The van der Waals surface area contributed by atoms with E-state index in [1.165, 1.54) is 5.56 Å². The van der Waals surface area contributed by atoms with Crippen LogP contribution in [0, 0.1) is 12.8 Å². The zero-order valence-corrected chi connectivity index (χ0v) is 16.7. The van der Waals surface area contributed by atoms with Gasteiger partial charge in [-0.15, -0.1) is 0 Å². The molecule has 2 unspecified atom stereocenters. The quantitative estimate of drug-likeness (QED) is 0.607. The summed E-state index contributed by atoms with van der Waals surface area (Å²) in [7, 11) is 0. The Balaban J connectivity index is 1.70. The van der Waals surface area contributed by atoms with E-state index in [4.69, 9.17) is 4.52 Å². The van der Waals surface area contributed by atoms with E-state index in [9.17, 15) is 4.79 Å². The fraction of sp³-hybridized carbons (Fsp3) is 0.348. The number of aromatic nitrogens is 2. The van der Waals surface area contributed by atoms with Gasteiger partial charge in [0, 0.05) is 12.0 Å². The number of amides is 1. The van der Waals surface area contributed by atoms with Gasteiger partial charge in [-0.1, -0.05) is 85.6 Å². The van der Waals surface area contributed by atoms with Crippen LogP contribution in [0.4, 0.5) is 0 Å². The number of carbonyl (C=O) groups is 1. The van der Waals surface area contributed by atoms with Gasteiger partial charge in [0.25, 0.3) is 0 Å². The third-order valence-electron chi connectivity index (χ3n) is 5.03. The Morgan fingerprint density at radius 3 is 2.50 bits per heavy atom. The molecular weight excluding hydrogens is 350 g/mol. The molecular formula is C23H27N3O2. The van der Waals surface area contributed by atoms with E-state index in [0.717, 1.165) is 17.5 Å². The molecule has 1 amide bonds. The molecule has 3 aromatic rings. The normalized spacial score (nSPS) is 13.1. The van der Waals surface area contributed by atoms with Crippen molar-refractivity contribution in [1.29, 1.82) is 0 Å². The topological polar surface area (TPSA) is 68.0 Å². The molecule has 0 aliphatic carbocycles. The van der Waals surface area contributed by atoms with Crippen LogP contribution in [-0.4, -0.2) is 16.0 Å². The van der Waals surface area contributed by atoms with Crippen molar-refractivity contribution < 1.29 is 9.32 Å². The maximum atomic E-state index is 12.5. The third-order valence-corrected chi connectivity index (χ3v) is 5.03. The molecule has 0 fully saturated rings. The molecule has 2 atom stereocenters. The first-order chi connectivity index (χ1) is 13.6. The summed E-state index contributed by atoms with van der Waals surface area (Å²) in [4.78, 5) is 17.1. The summed E-state index contributed by atoms with van der Waals surface area (Å²) in [6.45, 7) is 6.21. The fourth-order valence-electron chi connectivity index (χ4n) is 3.01. The number of nitrogens with one attached hydrogen (secondary N) is 1. The average molecular weight is 377 g/mol. The van der Waals surface area contributed by atoms with E-state index < -0.39 is 0 Å². The first-order valence-electron chi connectivity index (χ1n) is 9.80. The second-order valence-electron chi connectivity index (χ2n) is 7.24. The van der Waals surface area contributed by atoms with Gasteiger partial charge in [0.05, 0.1) is 0 Å². The molecule has 0 saturated carbocycles. The van der Waals surface area contributed by atoms with Crippen LogP contribution < -0.4 is 5.32 Å². The first-order valence-corrected chi connectivity index (χ1v) is 9.80. The van der Waals surface area contributed by atoms with E-state index in [2.05, 4.69) is 29.3 Å². The Morgan fingerprint density at radius 2 is 1.82 bits per heavy atom. The van der Waals surface area contributed by atoms with Crippen molar-refractivity contribution in [2.24, 2.45) is 5.92 Å². The van der Waals surface area contributed by atoms with Crippen LogP contribution in [0.15, 0.2) is 59.1 Å². The molecule has 0 aliphatic heterocycles. The monoisotopic (exact) mass is 377 g/mol. The lowest BCUT2D eigenvalue weighted by Gasteiger charge is -2.20. The Morgan fingerprint density at radius 1 is 1.11 bits per heavy atom. The van der Waals surface area contributed by atoms with E-state index in [1.807, 2.05) is 61.5 Å². The number of hydrogen-bond donors (Lipinski definition) is 1. The second-order valence-corrected chi connectivity index (χ2v) is 7.24. The number of benzene rings is 2. The molecule has 1 N–H and O–H groups in total. The third kappa shape index (κ3) is 5.06. The van der Waals surface area contributed by atoms with Gasteiger partial charge in [-0.05, 0) is 24.8 Å². The molecule has 0 aliphatic rings. The molecule has 146 valence electrons. The van der Waals surface area contributed by atoms with Gasteiger partial charge in [-0.25, -0.2) is 0 Å². The maximum absolute atomic E-state index is 12.5. The first kappa shape index (κ1) is 19.8. The smallest absolute Gasteiger partial charge is 0.249 e. The van der Waals surface area contributed by atoms with Crippen molar-refractivity contribution in [3.8, 4) is 11.4 Å². The Labute approximate surface area is 166 Å². The minimum atomic E-state index is -0.292. The van der Waals surface area contributed by atoms with Crippen LogP contribution in [0.25, 0.3) is 11.4 Å². The van der Waals surface area contributed by atoms with E-state index in [-0.39, 0.29) is 17.9 Å². The van der Waals surface area contributed by atoms with Gasteiger partial charge in [0.15, 0.2) is 0 Å². The molecule has 0 saturated heterocycles. The highest BCUT2D eigenvalue weighted by atomic mass is 16.5. The predicted molar refractivity (Wildman–Crippen MR) is 110 cm³/mol. The number of carbonyl (C=O) groups excluding carboxylic acids is 1. The highest BCUT2D eigenvalue weighted by Gasteiger charge is 2.26. The van der Waals surface area contributed by atoms with Crippen molar-refractivity contribution in [3.63, 3.8) is 0 Å². The molecule has 1 heterocycles. The molecule has 0 bridgehead atoms. The van der Waals surface area contributed by atoms with Gasteiger partial charge >= 0.3 is 0 Å². The van der Waals surface area contributed by atoms with Crippen molar-refractivity contribution in [2.45, 2.75) is 46.1 Å². The number of rotatable bonds is 8. The lowest BCUT2D eigenvalue weighted by atomic mass is 9.98. The van der Waals surface area contributed by atoms with Crippen molar-refractivity contribution in [2.75, 3.05) is 0 Å². The Kier molecular flexibility index (Phi) is 6.58. The molecule has 28 heavy (non-hydrogen) atoms. The van der Waals surface area contributed by atoms with Gasteiger partial charge < -0.3 is 9.84 Å². The second kappa shape index (κ2) is 9.31. The van der Waals surface area contributed by atoms with Crippen molar-refractivity contribution >= 4 is 5.91 Å². The SMILES string of the molecule is CCC(C)C(NC(=O)CCc1ccccc1)c1nc(-c2ccc(C)cc2)no1. The molecule has 3 rings (SSSR count). The zero-order valence-electron chi connectivity index (χ0n) is 16.7. The van der Waals surface area contributed by atoms with Gasteiger partial charge in [0.1, 0.15) is 6.04 Å². The minimum Gasteiger partial charge on any atom is -0.344 e. The molecule has 0 radical (unpaired) electrons. The number of aryl methyl sites for hydroxylation is 2. The summed E-state index contributed by atoms with van der Waals surface area (Å²) in [6.07, 6.45) is 2.03. The maximum Gasteiger partial charge on any atom is 0.249 e. The summed E-state index contributed by atoms with van der Waals surface area (Å²) < 4.78 is 5.52. The fourth-order valence-corrected chi connectivity index (χ4v) is 3.01. The highest BCUT2D eigenvalue weighted by Crippen LogP contribution is 2.26. The molecule has 1 aromatic heterocycles. The summed E-state index contributed by atoms with van der Waals surface area (Å²) in [6, 6.07) is 17.7. The predicted octanol–water partition coefficient (Wildman–Crippen LogP) is 4.88. The molecule has 5 nitrogen and oxygen atoms in total. The lowest BCUT2D eigenvalue weighted by Crippen LogP contribution is -2.32. The van der Waals surface area contributed by atoms with Crippen LogP contribution in [0.1, 0.15) is 49.7 Å². The lowest BCUT2D eigenvalue weighted by molar-refractivity contribution is -0.122. The summed E-state index contributed by atoms with van der Waals surface area (Å²) in [5.74, 6) is 1.18. The Hall–Kier alpha value is -2.95. The largest absolute Gasteiger partial charge is 0.344 e. The standard InChI is InChI=1S/C23H27N3O2/c1-4-17(3)21(24-20(27)15-12-18-8-6-5-7-9-18)23-25-22(26-28-23)19-13-10-16(2)11-14-19/h5-11,13-14,17,21H,4,12,15H2,1-3H3,(H,24,27). The number of hydrogen-bond acceptors (Lipinski definition) is 4. The molecule has 5 heteroatoms. The summed E-state index contributed by atoms with van der Waals surface area (Å²) >= 11 is 0. The summed E-state index contributed by atoms with van der Waals surface area (Å²) in [5, 5.41) is 7.21. The number of nitrogens with zero attached hydrogens (tertiary/aromatic N) is 2. The van der Waals surface area contributed by atoms with Crippen LogP contribution in [0.5, 0.6) is 0 Å². The van der Waals surface area contributed by atoms with E-state index in [0.29, 0.717) is 24.6 Å².